The molecule has 0 atom stereocenters. The van der Waals surface area contributed by atoms with Crippen molar-refractivity contribution in [1.82, 2.24) is 5.32 Å². The van der Waals surface area contributed by atoms with Crippen LogP contribution in [0, 0.1) is 0 Å². The lowest BCUT2D eigenvalue weighted by atomic mass is 10.1. The van der Waals surface area contributed by atoms with E-state index in [2.05, 4.69) is 12.2 Å². The molecular formula is C16H33F2NO. The Kier molecular flexibility index (Phi) is 16.6. The molecule has 0 amide bonds. The zero-order valence-corrected chi connectivity index (χ0v) is 13.1. The van der Waals surface area contributed by atoms with Crippen molar-refractivity contribution in [1.29, 1.82) is 0 Å². The Balaban J connectivity index is 2.92. The van der Waals surface area contributed by atoms with Gasteiger partial charge in [-0.1, -0.05) is 64.7 Å². The third-order valence-corrected chi connectivity index (χ3v) is 3.37. The van der Waals surface area contributed by atoms with Crippen LogP contribution in [0.25, 0.3) is 0 Å². The van der Waals surface area contributed by atoms with Crippen molar-refractivity contribution < 1.29 is 13.5 Å². The van der Waals surface area contributed by atoms with Crippen LogP contribution in [0.1, 0.15) is 71.1 Å². The van der Waals surface area contributed by atoms with Crippen LogP contribution in [-0.2, 0) is 4.74 Å². The molecule has 0 fully saturated rings. The van der Waals surface area contributed by atoms with Gasteiger partial charge in [-0.25, -0.2) is 8.78 Å². The molecule has 0 aliphatic carbocycles. The second-order valence-corrected chi connectivity index (χ2v) is 5.40. The highest BCUT2D eigenvalue weighted by Gasteiger charge is 2.00. The van der Waals surface area contributed by atoms with E-state index in [1.807, 2.05) is 0 Å². The van der Waals surface area contributed by atoms with E-state index in [1.54, 1.807) is 0 Å². The Bertz CT molecular complexity index is 180. The summed E-state index contributed by atoms with van der Waals surface area (Å²) in [6.45, 7) is 3.82. The summed E-state index contributed by atoms with van der Waals surface area (Å²) in [4.78, 5) is 0. The normalized spacial score (nSPS) is 11.4. The number of hydrogen-bond acceptors (Lipinski definition) is 2. The van der Waals surface area contributed by atoms with Gasteiger partial charge in [-0.2, -0.15) is 0 Å². The van der Waals surface area contributed by atoms with Crippen LogP contribution in [0.15, 0.2) is 0 Å². The molecule has 20 heavy (non-hydrogen) atoms. The van der Waals surface area contributed by atoms with Gasteiger partial charge in [0, 0.05) is 6.54 Å². The molecule has 0 aliphatic heterocycles. The van der Waals surface area contributed by atoms with Crippen LogP contribution >= 0.6 is 0 Å². The molecule has 0 heterocycles. The highest BCUT2D eigenvalue weighted by atomic mass is 19.3. The summed E-state index contributed by atoms with van der Waals surface area (Å²) < 4.78 is 28.3. The number of ether oxygens (including phenoxy) is 1. The molecule has 122 valence electrons. The van der Waals surface area contributed by atoms with Crippen LogP contribution < -0.4 is 5.32 Å². The fourth-order valence-electron chi connectivity index (χ4n) is 2.18. The lowest BCUT2D eigenvalue weighted by Gasteiger charge is -2.06. The molecule has 0 aliphatic rings. The van der Waals surface area contributed by atoms with E-state index in [9.17, 15) is 8.78 Å². The van der Waals surface area contributed by atoms with Crippen molar-refractivity contribution in [3.8, 4) is 0 Å². The molecule has 1 N–H and O–H groups in total. The van der Waals surface area contributed by atoms with E-state index in [0.717, 1.165) is 6.54 Å². The summed E-state index contributed by atoms with van der Waals surface area (Å²) in [5.74, 6) is 0. The fraction of sp³-hybridized carbons (Fsp3) is 1.00. The van der Waals surface area contributed by atoms with E-state index >= 15 is 0 Å². The average molecular weight is 293 g/mol. The second kappa shape index (κ2) is 16.8. The van der Waals surface area contributed by atoms with Gasteiger partial charge in [0.15, 0.2) is 0 Å². The number of hydrogen-bond donors (Lipinski definition) is 1. The van der Waals surface area contributed by atoms with E-state index < -0.39 is 13.0 Å². The molecule has 0 aromatic carbocycles. The first-order chi connectivity index (χ1) is 9.77. The van der Waals surface area contributed by atoms with Crippen molar-refractivity contribution in [2.75, 3.05) is 26.3 Å². The summed E-state index contributed by atoms with van der Waals surface area (Å²) in [5.41, 5.74) is 0. The standard InChI is InChI=1S/C16H33F2NO/c1-2-3-4-5-6-7-8-9-10-11-12-19-13-14-20-15-16(17)18/h16,19H,2-15H2,1H3. The molecule has 0 radical (unpaired) electrons. The first-order valence-electron chi connectivity index (χ1n) is 8.34. The molecule has 2 nitrogen and oxygen atoms in total. The first-order valence-corrected chi connectivity index (χ1v) is 8.34. The minimum Gasteiger partial charge on any atom is -0.374 e. The van der Waals surface area contributed by atoms with Gasteiger partial charge in [0.05, 0.1) is 6.61 Å². The maximum atomic E-state index is 11.8. The maximum Gasteiger partial charge on any atom is 0.261 e. The zero-order valence-electron chi connectivity index (χ0n) is 13.1. The number of rotatable bonds is 16. The van der Waals surface area contributed by atoms with Crippen molar-refractivity contribution in [3.63, 3.8) is 0 Å². The predicted octanol–water partition coefficient (Wildman–Crippen LogP) is 4.78. The molecule has 0 bridgehead atoms. The second-order valence-electron chi connectivity index (χ2n) is 5.40. The monoisotopic (exact) mass is 293 g/mol. The molecule has 0 rings (SSSR count). The summed E-state index contributed by atoms with van der Waals surface area (Å²) in [5, 5.41) is 3.21. The Morgan fingerprint density at radius 3 is 1.90 bits per heavy atom. The van der Waals surface area contributed by atoms with Crippen LogP contribution in [0.4, 0.5) is 8.78 Å². The fourth-order valence-corrected chi connectivity index (χ4v) is 2.18. The van der Waals surface area contributed by atoms with E-state index in [-0.39, 0.29) is 0 Å². The van der Waals surface area contributed by atoms with Gasteiger partial charge in [0.25, 0.3) is 6.43 Å². The van der Waals surface area contributed by atoms with E-state index in [0.29, 0.717) is 13.2 Å². The van der Waals surface area contributed by atoms with E-state index in [1.165, 1.54) is 64.2 Å². The summed E-state index contributed by atoms with van der Waals surface area (Å²) in [6, 6.07) is 0. The van der Waals surface area contributed by atoms with Gasteiger partial charge in [0.1, 0.15) is 6.61 Å². The summed E-state index contributed by atoms with van der Waals surface area (Å²) >= 11 is 0. The van der Waals surface area contributed by atoms with Crippen LogP contribution in [0.5, 0.6) is 0 Å². The number of nitrogens with one attached hydrogen (secondary N) is 1. The van der Waals surface area contributed by atoms with Gasteiger partial charge in [-0.15, -0.1) is 0 Å². The van der Waals surface area contributed by atoms with Crippen LogP contribution in [0.2, 0.25) is 0 Å². The SMILES string of the molecule is CCCCCCCCCCCCNCCOCC(F)F. The lowest BCUT2D eigenvalue weighted by Crippen LogP contribution is -2.22. The Labute approximate surface area is 123 Å². The minimum atomic E-state index is -2.35. The third-order valence-electron chi connectivity index (χ3n) is 3.37. The lowest BCUT2D eigenvalue weighted by molar-refractivity contribution is 0.0188. The summed E-state index contributed by atoms with van der Waals surface area (Å²) in [7, 11) is 0. The first kappa shape index (κ1) is 19.8. The highest BCUT2D eigenvalue weighted by molar-refractivity contribution is 4.50. The Hall–Kier alpha value is -0.220. The molecule has 4 heteroatoms. The molecule has 0 saturated carbocycles. The minimum absolute atomic E-state index is 0.377. The topological polar surface area (TPSA) is 21.3 Å². The van der Waals surface area contributed by atoms with Crippen molar-refractivity contribution in [2.24, 2.45) is 0 Å². The van der Waals surface area contributed by atoms with Gasteiger partial charge < -0.3 is 10.1 Å². The van der Waals surface area contributed by atoms with Gasteiger partial charge >= 0.3 is 0 Å². The summed E-state index contributed by atoms with van der Waals surface area (Å²) in [6.07, 6.45) is 11.0. The Morgan fingerprint density at radius 1 is 0.800 bits per heavy atom. The molecular weight excluding hydrogens is 260 g/mol. The van der Waals surface area contributed by atoms with E-state index in [4.69, 9.17) is 4.74 Å². The molecule has 0 unspecified atom stereocenters. The third kappa shape index (κ3) is 17.8. The Morgan fingerprint density at radius 2 is 1.35 bits per heavy atom. The quantitative estimate of drug-likeness (QED) is 0.414. The molecule has 0 spiro atoms. The van der Waals surface area contributed by atoms with Crippen LogP contribution in [0.3, 0.4) is 0 Å². The molecule has 0 aromatic heterocycles. The molecule has 0 aromatic rings. The van der Waals surface area contributed by atoms with Gasteiger partial charge in [-0.05, 0) is 13.0 Å². The smallest absolute Gasteiger partial charge is 0.261 e. The van der Waals surface area contributed by atoms with Crippen molar-refractivity contribution in [2.45, 2.75) is 77.6 Å². The maximum absolute atomic E-state index is 11.8. The number of halogens is 2. The zero-order chi connectivity index (χ0) is 14.9. The number of alkyl halides is 2. The largest absolute Gasteiger partial charge is 0.374 e. The van der Waals surface area contributed by atoms with Crippen molar-refractivity contribution >= 4 is 0 Å². The van der Waals surface area contributed by atoms with Crippen molar-refractivity contribution in [3.05, 3.63) is 0 Å². The number of unbranched alkanes of at least 4 members (excludes halogenated alkanes) is 9. The molecule has 0 saturated heterocycles. The highest BCUT2D eigenvalue weighted by Crippen LogP contribution is 2.10. The van der Waals surface area contributed by atoms with Crippen LogP contribution in [-0.4, -0.2) is 32.7 Å². The average Bonchev–Trinajstić information content (AvgIpc) is 2.43. The predicted molar refractivity (Wildman–Crippen MR) is 81.5 cm³/mol. The van der Waals surface area contributed by atoms with Gasteiger partial charge in [0.2, 0.25) is 0 Å². The van der Waals surface area contributed by atoms with Gasteiger partial charge in [-0.3, -0.25) is 0 Å².